The zero-order valence-corrected chi connectivity index (χ0v) is 8.56. The molecule has 0 unspecified atom stereocenters. The van der Waals surface area contributed by atoms with Crippen LogP contribution in [0.15, 0.2) is 26.4 Å². The molecule has 4 nitrogen and oxygen atoms in total. The van der Waals surface area contributed by atoms with Crippen molar-refractivity contribution in [2.75, 3.05) is 0 Å². The van der Waals surface area contributed by atoms with Crippen LogP contribution in [0.2, 0.25) is 0 Å². The third-order valence-electron chi connectivity index (χ3n) is 1.35. The highest BCUT2D eigenvalue weighted by molar-refractivity contribution is 8.00. The minimum atomic E-state index is 0.610. The highest BCUT2D eigenvalue weighted by Crippen LogP contribution is 2.27. The Kier molecular flexibility index (Phi) is 2.60. The van der Waals surface area contributed by atoms with Crippen molar-refractivity contribution in [3.05, 3.63) is 18.3 Å². The maximum Gasteiger partial charge on any atom is 0.262 e. The molecule has 0 N–H and O–H groups in total. The van der Waals surface area contributed by atoms with Gasteiger partial charge in [0.25, 0.3) is 5.22 Å². The van der Waals surface area contributed by atoms with Crippen LogP contribution in [-0.2, 0) is 6.42 Å². The first-order chi connectivity index (χ1) is 6.38. The van der Waals surface area contributed by atoms with E-state index in [9.17, 15) is 0 Å². The summed E-state index contributed by atoms with van der Waals surface area (Å²) in [7, 11) is 0. The molecule has 0 spiro atoms. The fourth-order valence-electron chi connectivity index (χ4n) is 0.758. The second-order valence-electron chi connectivity index (χ2n) is 2.23. The van der Waals surface area contributed by atoms with Crippen LogP contribution in [0.25, 0.3) is 0 Å². The minimum Gasteiger partial charge on any atom is -0.440 e. The van der Waals surface area contributed by atoms with Crippen LogP contribution in [0.5, 0.6) is 0 Å². The van der Waals surface area contributed by atoms with Crippen molar-refractivity contribution < 1.29 is 4.42 Å². The van der Waals surface area contributed by atoms with Crippen LogP contribution in [0.3, 0.4) is 0 Å². The topological polar surface area (TPSA) is 51.8 Å². The second-order valence-corrected chi connectivity index (χ2v) is 4.18. The van der Waals surface area contributed by atoms with E-state index in [-0.39, 0.29) is 0 Å². The standard InChI is InChI=1S/C7H7N3OS2/c1-2-5-9-7(13-10-5)12-6-8-3-4-11-6/h3-4H,2H2,1H3. The molecule has 0 aliphatic rings. The van der Waals surface area contributed by atoms with E-state index < -0.39 is 0 Å². The van der Waals surface area contributed by atoms with Crippen LogP contribution < -0.4 is 0 Å². The number of aromatic nitrogens is 3. The third kappa shape index (κ3) is 2.07. The summed E-state index contributed by atoms with van der Waals surface area (Å²) in [6, 6.07) is 0. The molecule has 2 aromatic rings. The van der Waals surface area contributed by atoms with E-state index >= 15 is 0 Å². The van der Waals surface area contributed by atoms with Gasteiger partial charge in [0.2, 0.25) is 0 Å². The maximum absolute atomic E-state index is 5.07. The molecule has 0 saturated heterocycles. The van der Waals surface area contributed by atoms with Crippen molar-refractivity contribution in [3.8, 4) is 0 Å². The summed E-state index contributed by atoms with van der Waals surface area (Å²) in [5.74, 6) is 0.874. The van der Waals surface area contributed by atoms with Gasteiger partial charge in [0, 0.05) is 18.2 Å². The van der Waals surface area contributed by atoms with Crippen molar-refractivity contribution in [3.63, 3.8) is 0 Å². The van der Waals surface area contributed by atoms with Gasteiger partial charge in [0.05, 0.1) is 6.20 Å². The normalized spacial score (nSPS) is 10.5. The molecule has 0 bridgehead atoms. The number of hydrogen-bond acceptors (Lipinski definition) is 6. The summed E-state index contributed by atoms with van der Waals surface area (Å²) >= 11 is 2.77. The molecular formula is C7H7N3OS2. The summed E-state index contributed by atoms with van der Waals surface area (Å²) in [6.07, 6.45) is 4.02. The molecule has 0 aromatic carbocycles. The lowest BCUT2D eigenvalue weighted by Crippen LogP contribution is -1.80. The Bertz CT molecular complexity index is 371. The zero-order chi connectivity index (χ0) is 9.10. The van der Waals surface area contributed by atoms with Crippen molar-refractivity contribution >= 4 is 23.3 Å². The van der Waals surface area contributed by atoms with E-state index in [1.165, 1.54) is 23.3 Å². The largest absolute Gasteiger partial charge is 0.440 e. The van der Waals surface area contributed by atoms with Gasteiger partial charge in [-0.05, 0) is 11.5 Å². The predicted molar refractivity (Wildman–Crippen MR) is 49.9 cm³/mol. The summed E-state index contributed by atoms with van der Waals surface area (Å²) in [4.78, 5) is 8.26. The van der Waals surface area contributed by atoms with Gasteiger partial charge in [-0.15, -0.1) is 0 Å². The first kappa shape index (κ1) is 8.71. The molecule has 0 radical (unpaired) electrons. The number of aryl methyl sites for hydroxylation is 1. The number of nitrogens with zero attached hydrogens (tertiary/aromatic N) is 3. The Morgan fingerprint density at radius 2 is 2.54 bits per heavy atom. The molecule has 68 valence electrons. The molecule has 0 amide bonds. The number of oxazole rings is 1. The van der Waals surface area contributed by atoms with Crippen molar-refractivity contribution in [1.82, 2.24) is 14.3 Å². The lowest BCUT2D eigenvalue weighted by atomic mass is 10.5. The van der Waals surface area contributed by atoms with Crippen molar-refractivity contribution in [2.45, 2.75) is 22.9 Å². The Labute approximate surface area is 83.6 Å². The predicted octanol–water partition coefficient (Wildman–Crippen LogP) is 2.24. The summed E-state index contributed by atoms with van der Waals surface area (Å²) in [5.41, 5.74) is 0. The average molecular weight is 213 g/mol. The molecule has 0 fully saturated rings. The molecule has 6 heteroatoms. The van der Waals surface area contributed by atoms with Gasteiger partial charge >= 0.3 is 0 Å². The summed E-state index contributed by atoms with van der Waals surface area (Å²) in [5, 5.41) is 0.610. The van der Waals surface area contributed by atoms with Gasteiger partial charge in [0.1, 0.15) is 12.1 Å². The van der Waals surface area contributed by atoms with Gasteiger partial charge in [-0.2, -0.15) is 4.37 Å². The smallest absolute Gasteiger partial charge is 0.262 e. The fraction of sp³-hybridized carbons (Fsp3) is 0.286. The summed E-state index contributed by atoms with van der Waals surface area (Å²) in [6.45, 7) is 2.03. The molecule has 2 aromatic heterocycles. The first-order valence-electron chi connectivity index (χ1n) is 3.78. The lowest BCUT2D eigenvalue weighted by Gasteiger charge is -1.86. The van der Waals surface area contributed by atoms with Gasteiger partial charge in [-0.25, -0.2) is 9.97 Å². The van der Waals surface area contributed by atoms with Crippen LogP contribution in [0, 0.1) is 0 Å². The Hall–Kier alpha value is -0.880. The van der Waals surface area contributed by atoms with E-state index in [0.29, 0.717) is 5.22 Å². The molecular weight excluding hydrogens is 206 g/mol. The van der Waals surface area contributed by atoms with Gasteiger partial charge in [0.15, 0.2) is 4.34 Å². The Morgan fingerprint density at radius 1 is 1.62 bits per heavy atom. The number of rotatable bonds is 3. The van der Waals surface area contributed by atoms with E-state index in [2.05, 4.69) is 14.3 Å². The second kappa shape index (κ2) is 3.89. The Morgan fingerprint density at radius 3 is 3.15 bits per heavy atom. The molecule has 0 aliphatic carbocycles. The van der Waals surface area contributed by atoms with E-state index in [4.69, 9.17) is 4.42 Å². The zero-order valence-electron chi connectivity index (χ0n) is 6.93. The monoisotopic (exact) mass is 213 g/mol. The van der Waals surface area contributed by atoms with E-state index in [1.807, 2.05) is 6.92 Å². The minimum absolute atomic E-state index is 0.610. The van der Waals surface area contributed by atoms with E-state index in [1.54, 1.807) is 12.5 Å². The van der Waals surface area contributed by atoms with Crippen molar-refractivity contribution in [2.24, 2.45) is 0 Å². The quantitative estimate of drug-likeness (QED) is 0.782. The van der Waals surface area contributed by atoms with Gasteiger partial charge < -0.3 is 4.42 Å². The van der Waals surface area contributed by atoms with Crippen molar-refractivity contribution in [1.29, 1.82) is 0 Å². The molecule has 0 aliphatic heterocycles. The van der Waals surface area contributed by atoms with Crippen LogP contribution in [0.4, 0.5) is 0 Å². The van der Waals surface area contributed by atoms with Gasteiger partial charge in [-0.1, -0.05) is 6.92 Å². The average Bonchev–Trinajstić information content (AvgIpc) is 2.76. The Balaban J connectivity index is 2.10. The first-order valence-corrected chi connectivity index (χ1v) is 5.37. The number of hydrogen-bond donors (Lipinski definition) is 0. The highest BCUT2D eigenvalue weighted by atomic mass is 32.2. The summed E-state index contributed by atoms with van der Waals surface area (Å²) < 4.78 is 10.1. The van der Waals surface area contributed by atoms with E-state index in [0.717, 1.165) is 16.6 Å². The highest BCUT2D eigenvalue weighted by Gasteiger charge is 2.06. The molecule has 2 heterocycles. The third-order valence-corrected chi connectivity index (χ3v) is 3.02. The fourth-order valence-corrected chi connectivity index (χ4v) is 2.25. The lowest BCUT2D eigenvalue weighted by molar-refractivity contribution is 0.454. The maximum atomic E-state index is 5.07. The van der Waals surface area contributed by atoms with Crippen LogP contribution in [0.1, 0.15) is 12.7 Å². The molecule has 2 rings (SSSR count). The SMILES string of the molecule is CCc1nsc(Sc2ncco2)n1. The molecule has 0 atom stereocenters. The van der Waals surface area contributed by atoms with Crippen LogP contribution >= 0.6 is 23.3 Å². The molecule has 13 heavy (non-hydrogen) atoms. The van der Waals surface area contributed by atoms with Gasteiger partial charge in [-0.3, -0.25) is 0 Å². The molecule has 0 saturated carbocycles. The van der Waals surface area contributed by atoms with Crippen LogP contribution in [-0.4, -0.2) is 14.3 Å².